The molecule has 2 heterocycles. The molecule has 1 aliphatic rings. The van der Waals surface area contributed by atoms with Gasteiger partial charge in [0.05, 0.1) is 12.4 Å². The molecule has 1 unspecified atom stereocenters. The lowest BCUT2D eigenvalue weighted by molar-refractivity contribution is 0.169. The molecule has 1 atom stereocenters. The number of fused-ring (bicyclic) bond motifs is 1. The van der Waals surface area contributed by atoms with Crippen molar-refractivity contribution in [2.75, 3.05) is 13.1 Å². The Bertz CT molecular complexity index is 877. The number of amides is 2. The van der Waals surface area contributed by atoms with Gasteiger partial charge in [0, 0.05) is 31.5 Å². The Morgan fingerprint density at radius 3 is 2.69 bits per heavy atom. The van der Waals surface area contributed by atoms with Crippen LogP contribution in [-0.2, 0) is 0 Å². The van der Waals surface area contributed by atoms with E-state index in [2.05, 4.69) is 52.1 Å². The molecule has 3 aromatic rings. The second-order valence-corrected chi connectivity index (χ2v) is 6.97. The fraction of sp³-hybridized carbons (Fsp3) is 0.333. The molecule has 4 rings (SSSR count). The first kappa shape index (κ1) is 16.6. The molecule has 1 aliphatic heterocycles. The number of urea groups is 1. The number of likely N-dealkylation sites (tertiary alicyclic amines) is 1. The summed E-state index contributed by atoms with van der Waals surface area (Å²) in [5, 5.41) is 5.57. The van der Waals surface area contributed by atoms with Crippen molar-refractivity contribution in [3.63, 3.8) is 0 Å². The molecule has 26 heavy (non-hydrogen) atoms. The molecule has 134 valence electrons. The van der Waals surface area contributed by atoms with Crippen molar-refractivity contribution in [2.24, 2.45) is 0 Å². The summed E-state index contributed by atoms with van der Waals surface area (Å²) in [7, 11) is 0. The van der Waals surface area contributed by atoms with E-state index >= 15 is 0 Å². The van der Waals surface area contributed by atoms with Crippen molar-refractivity contribution in [1.82, 2.24) is 19.8 Å². The van der Waals surface area contributed by atoms with Crippen LogP contribution in [0, 0.1) is 0 Å². The van der Waals surface area contributed by atoms with E-state index in [0.29, 0.717) is 6.04 Å². The Morgan fingerprint density at radius 2 is 1.92 bits per heavy atom. The van der Waals surface area contributed by atoms with Gasteiger partial charge >= 0.3 is 6.03 Å². The Kier molecular flexibility index (Phi) is 4.61. The fourth-order valence-corrected chi connectivity index (χ4v) is 3.83. The number of carbonyl (C=O) groups is 1. The van der Waals surface area contributed by atoms with E-state index in [1.165, 1.54) is 10.8 Å². The summed E-state index contributed by atoms with van der Waals surface area (Å²) in [5.41, 5.74) is 1.16. The van der Waals surface area contributed by atoms with Crippen molar-refractivity contribution in [3.8, 4) is 0 Å². The third kappa shape index (κ3) is 3.29. The van der Waals surface area contributed by atoms with Crippen LogP contribution in [0.25, 0.3) is 10.8 Å². The first-order chi connectivity index (χ1) is 12.7. The maximum atomic E-state index is 12.7. The normalized spacial score (nSPS) is 16.6. The second-order valence-electron chi connectivity index (χ2n) is 6.97. The summed E-state index contributed by atoms with van der Waals surface area (Å²) in [4.78, 5) is 18.8. The van der Waals surface area contributed by atoms with Gasteiger partial charge in [0.25, 0.3) is 0 Å². The van der Waals surface area contributed by atoms with Crippen LogP contribution in [0.4, 0.5) is 4.79 Å². The van der Waals surface area contributed by atoms with Crippen LogP contribution >= 0.6 is 0 Å². The lowest BCUT2D eigenvalue weighted by atomic mass is 10.00. The molecule has 2 aromatic carbocycles. The third-order valence-electron chi connectivity index (χ3n) is 5.33. The van der Waals surface area contributed by atoms with Crippen molar-refractivity contribution < 1.29 is 4.79 Å². The second kappa shape index (κ2) is 7.20. The quantitative estimate of drug-likeness (QED) is 0.773. The molecular formula is C21H24N4O. The highest BCUT2D eigenvalue weighted by atomic mass is 16.2. The highest BCUT2D eigenvalue weighted by Gasteiger charge is 2.24. The van der Waals surface area contributed by atoms with Gasteiger partial charge in [-0.05, 0) is 36.1 Å². The number of hydrogen-bond donors (Lipinski definition) is 1. The molecule has 1 saturated heterocycles. The van der Waals surface area contributed by atoms with Gasteiger partial charge in [0.2, 0.25) is 0 Å². The molecule has 1 N–H and O–H groups in total. The van der Waals surface area contributed by atoms with Gasteiger partial charge in [0.1, 0.15) is 0 Å². The van der Waals surface area contributed by atoms with Crippen LogP contribution in [0.15, 0.2) is 61.2 Å². The molecule has 0 saturated carbocycles. The molecular weight excluding hydrogens is 324 g/mol. The summed E-state index contributed by atoms with van der Waals surface area (Å²) >= 11 is 0. The fourth-order valence-electron chi connectivity index (χ4n) is 3.83. The number of piperidine rings is 1. The van der Waals surface area contributed by atoms with Crippen LogP contribution < -0.4 is 5.32 Å². The summed E-state index contributed by atoms with van der Waals surface area (Å²) in [5.74, 6) is 0. The summed E-state index contributed by atoms with van der Waals surface area (Å²) in [6.07, 6.45) is 7.61. The lowest BCUT2D eigenvalue weighted by Gasteiger charge is -2.33. The van der Waals surface area contributed by atoms with E-state index in [4.69, 9.17) is 0 Å². The molecule has 1 aromatic heterocycles. The van der Waals surface area contributed by atoms with E-state index in [9.17, 15) is 4.79 Å². The maximum Gasteiger partial charge on any atom is 0.317 e. The average molecular weight is 348 g/mol. The topological polar surface area (TPSA) is 50.2 Å². The number of aromatic nitrogens is 2. The summed E-state index contributed by atoms with van der Waals surface area (Å²) in [6, 6.07) is 15.0. The SMILES string of the molecule is CC(NC(=O)N1CCC(n2ccnc2)CC1)c1cccc2ccccc12. The highest BCUT2D eigenvalue weighted by molar-refractivity contribution is 5.86. The third-order valence-corrected chi connectivity index (χ3v) is 5.33. The van der Waals surface area contributed by atoms with Crippen LogP contribution in [0.3, 0.4) is 0 Å². The first-order valence-electron chi connectivity index (χ1n) is 9.23. The standard InChI is InChI=1S/C21H24N4O/c1-16(19-8-4-6-17-5-2-3-7-20(17)19)23-21(26)24-12-9-18(10-13-24)25-14-11-22-15-25/h2-8,11,14-16,18H,9-10,12-13H2,1H3,(H,23,26). The Labute approximate surface area is 153 Å². The monoisotopic (exact) mass is 348 g/mol. The number of benzene rings is 2. The van der Waals surface area contributed by atoms with Crippen LogP contribution in [0.5, 0.6) is 0 Å². The van der Waals surface area contributed by atoms with E-state index < -0.39 is 0 Å². The average Bonchev–Trinajstić information content (AvgIpc) is 3.22. The van der Waals surface area contributed by atoms with Crippen LogP contribution in [0.2, 0.25) is 0 Å². The van der Waals surface area contributed by atoms with Gasteiger partial charge in [-0.25, -0.2) is 9.78 Å². The number of rotatable bonds is 3. The largest absolute Gasteiger partial charge is 0.334 e. The van der Waals surface area contributed by atoms with Crippen molar-refractivity contribution in [2.45, 2.75) is 31.8 Å². The Balaban J connectivity index is 1.40. The minimum atomic E-state index is -0.0278. The smallest absolute Gasteiger partial charge is 0.317 e. The molecule has 5 nitrogen and oxygen atoms in total. The molecule has 5 heteroatoms. The van der Waals surface area contributed by atoms with Gasteiger partial charge in [-0.3, -0.25) is 0 Å². The predicted molar refractivity (Wildman–Crippen MR) is 103 cm³/mol. The molecule has 0 bridgehead atoms. The zero-order chi connectivity index (χ0) is 17.9. The minimum Gasteiger partial charge on any atom is -0.334 e. The van der Waals surface area contributed by atoms with Crippen molar-refractivity contribution in [1.29, 1.82) is 0 Å². The summed E-state index contributed by atoms with van der Waals surface area (Å²) in [6.45, 7) is 3.60. The van der Waals surface area contributed by atoms with Crippen molar-refractivity contribution in [3.05, 3.63) is 66.7 Å². The number of hydrogen-bond acceptors (Lipinski definition) is 2. The van der Waals surface area contributed by atoms with Crippen LogP contribution in [0.1, 0.15) is 37.4 Å². The molecule has 0 spiro atoms. The summed E-state index contributed by atoms with van der Waals surface area (Å²) < 4.78 is 2.15. The number of imidazole rings is 1. The zero-order valence-electron chi connectivity index (χ0n) is 15.0. The van der Waals surface area contributed by atoms with Gasteiger partial charge < -0.3 is 14.8 Å². The van der Waals surface area contributed by atoms with E-state index in [1.807, 2.05) is 35.8 Å². The Morgan fingerprint density at radius 1 is 1.15 bits per heavy atom. The lowest BCUT2D eigenvalue weighted by Crippen LogP contribution is -2.45. The Hall–Kier alpha value is -2.82. The van der Waals surface area contributed by atoms with E-state index in [1.54, 1.807) is 0 Å². The first-order valence-corrected chi connectivity index (χ1v) is 9.23. The molecule has 1 fully saturated rings. The van der Waals surface area contributed by atoms with Gasteiger partial charge in [-0.2, -0.15) is 0 Å². The van der Waals surface area contributed by atoms with E-state index in [0.717, 1.165) is 31.5 Å². The van der Waals surface area contributed by atoms with Gasteiger partial charge in [-0.1, -0.05) is 42.5 Å². The highest BCUT2D eigenvalue weighted by Crippen LogP contribution is 2.25. The number of carbonyl (C=O) groups excluding carboxylic acids is 1. The van der Waals surface area contributed by atoms with Crippen molar-refractivity contribution >= 4 is 16.8 Å². The molecule has 0 radical (unpaired) electrons. The van der Waals surface area contributed by atoms with Gasteiger partial charge in [-0.15, -0.1) is 0 Å². The number of nitrogens with one attached hydrogen (secondary N) is 1. The van der Waals surface area contributed by atoms with Crippen LogP contribution in [-0.4, -0.2) is 33.6 Å². The molecule has 2 amide bonds. The maximum absolute atomic E-state index is 12.7. The van der Waals surface area contributed by atoms with Gasteiger partial charge in [0.15, 0.2) is 0 Å². The predicted octanol–water partition coefficient (Wildman–Crippen LogP) is 4.14. The number of nitrogens with zero attached hydrogens (tertiary/aromatic N) is 3. The van der Waals surface area contributed by atoms with E-state index in [-0.39, 0.29) is 12.1 Å². The minimum absolute atomic E-state index is 0.0227. The zero-order valence-corrected chi connectivity index (χ0v) is 15.0. The molecule has 0 aliphatic carbocycles.